The zero-order valence-corrected chi connectivity index (χ0v) is 14.2. The SMILES string of the molecule is C=C1[C@H]2CC3C4N5C[C@]6(C)CC[C@@H](O)[C@]47[C@H](C2)[C@@]3([C@@H]1O)[C@H](O)[C@H]5[C@H]67. The fraction of sp³-hybridized carbons (Fsp3) is 0.900. The van der Waals surface area contributed by atoms with Crippen LogP contribution in [0.4, 0.5) is 0 Å². The van der Waals surface area contributed by atoms with E-state index in [2.05, 4.69) is 18.4 Å². The van der Waals surface area contributed by atoms with Gasteiger partial charge in [0, 0.05) is 29.5 Å². The molecule has 9 rings (SSSR count). The Bertz CT molecular complexity index is 709. The summed E-state index contributed by atoms with van der Waals surface area (Å²) in [6.45, 7) is 7.70. The minimum atomic E-state index is -0.569. The van der Waals surface area contributed by atoms with Crippen molar-refractivity contribution in [3.05, 3.63) is 12.2 Å². The first kappa shape index (κ1) is 13.7. The molecule has 3 N–H and O–H groups in total. The molecule has 9 bridgehead atoms. The maximum atomic E-state index is 11.6. The molecule has 6 saturated carbocycles. The summed E-state index contributed by atoms with van der Waals surface area (Å²) in [5, 5.41) is 34.1. The maximum Gasteiger partial charge on any atom is 0.0837 e. The van der Waals surface area contributed by atoms with Crippen LogP contribution in [-0.2, 0) is 0 Å². The van der Waals surface area contributed by atoms with Crippen LogP contribution in [0, 0.1) is 39.9 Å². The van der Waals surface area contributed by atoms with Crippen molar-refractivity contribution in [2.45, 2.75) is 63.0 Å². The normalized spacial score (nSPS) is 76.1. The van der Waals surface area contributed by atoms with Gasteiger partial charge < -0.3 is 15.3 Å². The third kappa shape index (κ3) is 0.903. The molecule has 9 fully saturated rings. The molecule has 0 aromatic heterocycles. The predicted octanol–water partition coefficient (Wildman–Crippen LogP) is 0.764. The van der Waals surface area contributed by atoms with Crippen molar-refractivity contribution in [3.8, 4) is 0 Å². The van der Waals surface area contributed by atoms with Crippen molar-refractivity contribution in [3.63, 3.8) is 0 Å². The minimum absolute atomic E-state index is 0.0732. The van der Waals surface area contributed by atoms with Gasteiger partial charge in [-0.1, -0.05) is 13.5 Å². The fourth-order valence-electron chi connectivity index (χ4n) is 10.3. The predicted molar refractivity (Wildman–Crippen MR) is 86.8 cm³/mol. The third-order valence-corrected chi connectivity index (χ3v) is 10.5. The van der Waals surface area contributed by atoms with Crippen molar-refractivity contribution in [2.24, 2.45) is 39.9 Å². The van der Waals surface area contributed by atoms with E-state index in [1.807, 2.05) is 0 Å². The van der Waals surface area contributed by atoms with E-state index in [1.165, 1.54) is 0 Å². The number of hydrogen-bond donors (Lipinski definition) is 3. The molecule has 0 radical (unpaired) electrons. The van der Waals surface area contributed by atoms with E-state index in [9.17, 15) is 15.3 Å². The summed E-state index contributed by atoms with van der Waals surface area (Å²) < 4.78 is 0. The maximum absolute atomic E-state index is 11.6. The molecule has 24 heavy (non-hydrogen) atoms. The molecule has 6 aliphatic carbocycles. The van der Waals surface area contributed by atoms with Gasteiger partial charge in [-0.05, 0) is 60.3 Å². The second-order valence-electron chi connectivity index (χ2n) is 10.5. The van der Waals surface area contributed by atoms with E-state index in [4.69, 9.17) is 0 Å². The topological polar surface area (TPSA) is 63.9 Å². The Balaban J connectivity index is 1.57. The smallest absolute Gasteiger partial charge is 0.0837 e. The summed E-state index contributed by atoms with van der Waals surface area (Å²) in [6, 6.07) is 0.538. The van der Waals surface area contributed by atoms with Gasteiger partial charge in [0.25, 0.3) is 0 Å². The van der Waals surface area contributed by atoms with Crippen LogP contribution in [-0.4, -0.2) is 57.2 Å². The summed E-state index contributed by atoms with van der Waals surface area (Å²) in [4.78, 5) is 2.60. The summed E-state index contributed by atoms with van der Waals surface area (Å²) in [6.07, 6.45) is 2.80. The molecular formula is C20H27NO3. The van der Waals surface area contributed by atoms with Crippen molar-refractivity contribution in [2.75, 3.05) is 6.54 Å². The molecule has 0 aromatic rings. The third-order valence-electron chi connectivity index (χ3n) is 10.5. The number of hydrogen-bond acceptors (Lipinski definition) is 4. The van der Waals surface area contributed by atoms with E-state index in [0.29, 0.717) is 23.8 Å². The number of nitrogens with zero attached hydrogens (tertiary/aromatic N) is 1. The van der Waals surface area contributed by atoms with Gasteiger partial charge in [0.15, 0.2) is 0 Å². The highest BCUT2D eigenvalue weighted by atomic mass is 16.3. The highest BCUT2D eigenvalue weighted by Crippen LogP contribution is 2.86. The zero-order valence-electron chi connectivity index (χ0n) is 14.2. The molecular weight excluding hydrogens is 302 g/mol. The average Bonchev–Trinajstić information content (AvgIpc) is 3.03. The Morgan fingerprint density at radius 1 is 1.17 bits per heavy atom. The van der Waals surface area contributed by atoms with E-state index in [-0.39, 0.29) is 28.9 Å². The second kappa shape index (κ2) is 3.40. The lowest BCUT2D eigenvalue weighted by Crippen LogP contribution is -2.72. The minimum Gasteiger partial charge on any atom is -0.392 e. The number of rotatable bonds is 0. The molecule has 3 heterocycles. The molecule has 3 unspecified atom stereocenters. The fourth-order valence-corrected chi connectivity index (χ4v) is 10.3. The van der Waals surface area contributed by atoms with Crippen molar-refractivity contribution in [1.82, 2.24) is 4.90 Å². The number of aliphatic hydroxyl groups is 3. The quantitative estimate of drug-likeness (QED) is 0.574. The molecule has 4 nitrogen and oxygen atoms in total. The monoisotopic (exact) mass is 329 g/mol. The van der Waals surface area contributed by atoms with Crippen LogP contribution >= 0.6 is 0 Å². The Morgan fingerprint density at radius 2 is 1.96 bits per heavy atom. The molecule has 4 heteroatoms. The Morgan fingerprint density at radius 3 is 2.75 bits per heavy atom. The van der Waals surface area contributed by atoms with E-state index < -0.39 is 17.6 Å². The molecule has 3 aliphatic heterocycles. The first-order chi connectivity index (χ1) is 11.4. The average molecular weight is 329 g/mol. The summed E-state index contributed by atoms with van der Waals surface area (Å²) in [5.41, 5.74) is 0.714. The summed E-state index contributed by atoms with van der Waals surface area (Å²) in [7, 11) is 0. The van der Waals surface area contributed by atoms with Gasteiger partial charge in [0.05, 0.1) is 18.3 Å². The number of piperidine rings is 2. The van der Waals surface area contributed by atoms with E-state index >= 15 is 0 Å². The van der Waals surface area contributed by atoms with E-state index in [0.717, 1.165) is 37.8 Å². The molecule has 2 spiro atoms. The molecule has 9 aliphatic rings. The van der Waals surface area contributed by atoms with Gasteiger partial charge in [-0.25, -0.2) is 0 Å². The molecule has 130 valence electrons. The lowest BCUT2D eigenvalue weighted by atomic mass is 9.39. The lowest BCUT2D eigenvalue weighted by molar-refractivity contribution is -0.240. The Labute approximate surface area is 142 Å². The first-order valence-electron chi connectivity index (χ1n) is 9.88. The van der Waals surface area contributed by atoms with Crippen LogP contribution in [0.25, 0.3) is 0 Å². The van der Waals surface area contributed by atoms with Crippen molar-refractivity contribution in [1.29, 1.82) is 0 Å². The molecule has 0 aromatic carbocycles. The highest BCUT2D eigenvalue weighted by Gasteiger charge is 2.92. The summed E-state index contributed by atoms with van der Waals surface area (Å²) in [5.74, 6) is 1.42. The van der Waals surface area contributed by atoms with Crippen molar-refractivity contribution < 1.29 is 15.3 Å². The van der Waals surface area contributed by atoms with Crippen LogP contribution in [0.15, 0.2) is 12.2 Å². The Kier molecular flexibility index (Phi) is 1.95. The largest absolute Gasteiger partial charge is 0.392 e. The standard InChI is InChI=1S/C20H27NO3/c1-8-9-5-10-15-20-11(6-9)19(10,16(8)23)17(24)13-14(20)18(2,7-21(13)15)4-3-12(20)22/h9-17,22-24H,1,3-7H2,2H3/t9-,10?,11+,12+,13+,14+,15?,16+,17+,18-,19-,20-/m0/s1. The van der Waals surface area contributed by atoms with Gasteiger partial charge in [-0.15, -0.1) is 0 Å². The lowest BCUT2D eigenvalue weighted by Gasteiger charge is -2.66. The zero-order chi connectivity index (χ0) is 16.4. The van der Waals surface area contributed by atoms with Gasteiger partial charge in [-0.2, -0.15) is 0 Å². The molecule has 3 saturated heterocycles. The van der Waals surface area contributed by atoms with Crippen LogP contribution < -0.4 is 0 Å². The molecule has 0 amide bonds. The molecule has 13 atom stereocenters. The Hall–Kier alpha value is -0.420. The van der Waals surface area contributed by atoms with Crippen LogP contribution in [0.1, 0.15) is 32.6 Å². The second-order valence-corrected chi connectivity index (χ2v) is 10.5. The van der Waals surface area contributed by atoms with Gasteiger partial charge in [-0.3, -0.25) is 4.90 Å². The number of fused-ring (bicyclic) bond motifs is 1. The van der Waals surface area contributed by atoms with Crippen molar-refractivity contribution >= 4 is 0 Å². The van der Waals surface area contributed by atoms with Crippen LogP contribution in [0.5, 0.6) is 0 Å². The summed E-state index contributed by atoms with van der Waals surface area (Å²) >= 11 is 0. The number of aliphatic hydroxyl groups excluding tert-OH is 3. The first-order valence-corrected chi connectivity index (χ1v) is 9.88. The van der Waals surface area contributed by atoms with Crippen LogP contribution in [0.2, 0.25) is 0 Å². The van der Waals surface area contributed by atoms with Gasteiger partial charge >= 0.3 is 0 Å². The van der Waals surface area contributed by atoms with Gasteiger partial charge in [0.1, 0.15) is 0 Å². The van der Waals surface area contributed by atoms with E-state index in [1.54, 1.807) is 0 Å². The van der Waals surface area contributed by atoms with Crippen LogP contribution in [0.3, 0.4) is 0 Å². The van der Waals surface area contributed by atoms with Gasteiger partial charge in [0.2, 0.25) is 0 Å². The highest BCUT2D eigenvalue weighted by molar-refractivity contribution is 5.45.